The largest absolute Gasteiger partial charge is 0.339 e. The summed E-state index contributed by atoms with van der Waals surface area (Å²) in [5.41, 5.74) is 0. The number of Topliss-reactive ketones (excluding diaryl/α,β-unsaturated/α-hetero) is 1. The second kappa shape index (κ2) is 10.1. The molecule has 2 heterocycles. The van der Waals surface area contributed by atoms with Crippen molar-refractivity contribution in [2.45, 2.75) is 19.8 Å². The minimum atomic E-state index is -4.01. The zero-order valence-electron chi connectivity index (χ0n) is 15.3. The van der Waals surface area contributed by atoms with Crippen LogP contribution in [0.4, 0.5) is 0 Å². The molecule has 2 atom stereocenters. The lowest BCUT2D eigenvalue weighted by Crippen LogP contribution is -2.47. The maximum atomic E-state index is 11.5. The summed E-state index contributed by atoms with van der Waals surface area (Å²) in [5, 5.41) is 0. The third-order valence-corrected chi connectivity index (χ3v) is 5.69. The average Bonchev–Trinajstić information content (AvgIpc) is 2.51. The number of rotatable bonds is 4. The monoisotopic (exact) mass is 376 g/mol. The van der Waals surface area contributed by atoms with Crippen LogP contribution in [0.3, 0.4) is 0 Å². The van der Waals surface area contributed by atoms with Gasteiger partial charge in [-0.2, -0.15) is 0 Å². The Morgan fingerprint density at radius 3 is 1.80 bits per heavy atom. The maximum absolute atomic E-state index is 11.5. The molecule has 2 aliphatic rings. The molecule has 0 amide bonds. The average molecular weight is 376 g/mol. The Bertz CT molecular complexity index is 473. The van der Waals surface area contributed by atoms with Crippen molar-refractivity contribution in [3.05, 3.63) is 0 Å². The highest BCUT2D eigenvalue weighted by molar-refractivity contribution is 7.51. The number of carbonyl (C=O) groups excluding carboxylic acids is 1. The van der Waals surface area contributed by atoms with Crippen LogP contribution in [0.5, 0.6) is 0 Å². The molecule has 25 heavy (non-hydrogen) atoms. The molecule has 2 saturated heterocycles. The van der Waals surface area contributed by atoms with Crippen molar-refractivity contribution < 1.29 is 19.1 Å². The molecule has 2 aliphatic heterocycles. The molecule has 9 heteroatoms. The lowest BCUT2D eigenvalue weighted by Gasteiger charge is -2.35. The molecule has 0 spiro atoms. The van der Waals surface area contributed by atoms with Crippen molar-refractivity contribution in [1.29, 1.82) is 0 Å². The van der Waals surface area contributed by atoms with Gasteiger partial charge in [-0.15, -0.1) is 0 Å². The fourth-order valence-corrected chi connectivity index (χ4v) is 4.46. The highest BCUT2D eigenvalue weighted by Gasteiger charge is 2.22. The summed E-state index contributed by atoms with van der Waals surface area (Å²) in [6.45, 7) is 11.1. The van der Waals surface area contributed by atoms with Crippen molar-refractivity contribution in [1.82, 2.24) is 19.6 Å². The second-order valence-corrected chi connectivity index (χ2v) is 8.90. The van der Waals surface area contributed by atoms with Gasteiger partial charge in [-0.1, -0.05) is 0 Å². The van der Waals surface area contributed by atoms with Crippen molar-refractivity contribution in [2.24, 2.45) is 0 Å². The molecule has 2 unspecified atom stereocenters. The molecule has 0 aromatic rings. The van der Waals surface area contributed by atoms with Crippen molar-refractivity contribution in [2.75, 3.05) is 78.3 Å². The van der Waals surface area contributed by atoms with E-state index in [9.17, 15) is 19.1 Å². The first-order valence-corrected chi connectivity index (χ1v) is 11.0. The molecule has 2 bridgehead atoms. The molecule has 0 saturated carbocycles. The molecular weight excluding hydrogens is 343 g/mol. The SMILES string of the molecule is CC(=O)CN1CCCN2CCN(CCCN(CP(=O)(O)O)CC2)CC1. The van der Waals surface area contributed by atoms with Gasteiger partial charge in [0.05, 0.1) is 6.54 Å². The van der Waals surface area contributed by atoms with E-state index in [0.29, 0.717) is 19.6 Å². The summed E-state index contributed by atoms with van der Waals surface area (Å²) in [6, 6.07) is 0. The van der Waals surface area contributed by atoms with Gasteiger partial charge in [-0.25, -0.2) is 0 Å². The van der Waals surface area contributed by atoms with Gasteiger partial charge < -0.3 is 19.6 Å². The zero-order chi connectivity index (χ0) is 18.3. The van der Waals surface area contributed by atoms with E-state index in [0.717, 1.165) is 65.2 Å². The number of nitrogens with zero attached hydrogens (tertiary/aromatic N) is 4. The molecule has 146 valence electrons. The minimum Gasteiger partial charge on any atom is -0.324 e. The van der Waals surface area contributed by atoms with Crippen LogP contribution in [0, 0.1) is 0 Å². The van der Waals surface area contributed by atoms with Gasteiger partial charge in [0, 0.05) is 45.8 Å². The van der Waals surface area contributed by atoms with E-state index in [1.165, 1.54) is 0 Å². The Morgan fingerprint density at radius 1 is 0.800 bits per heavy atom. The van der Waals surface area contributed by atoms with Gasteiger partial charge in [0.2, 0.25) is 0 Å². The Kier molecular flexibility index (Phi) is 8.48. The van der Waals surface area contributed by atoms with Crippen molar-refractivity contribution >= 4 is 13.4 Å². The van der Waals surface area contributed by atoms with Gasteiger partial charge in [0.25, 0.3) is 0 Å². The predicted molar refractivity (Wildman–Crippen MR) is 97.7 cm³/mol. The van der Waals surface area contributed by atoms with E-state index >= 15 is 0 Å². The van der Waals surface area contributed by atoms with E-state index in [4.69, 9.17) is 0 Å². The lowest BCUT2D eigenvalue weighted by molar-refractivity contribution is -0.118. The first kappa shape index (κ1) is 21.0. The number of fused-ring (bicyclic) bond motifs is 3. The first-order valence-electron chi connectivity index (χ1n) is 9.25. The van der Waals surface area contributed by atoms with E-state index in [2.05, 4.69) is 14.7 Å². The summed E-state index contributed by atoms with van der Waals surface area (Å²) in [5.74, 6) is 0.217. The Labute approximate surface area is 150 Å². The molecule has 2 N–H and O–H groups in total. The van der Waals surface area contributed by atoms with Crippen LogP contribution in [0.15, 0.2) is 0 Å². The third kappa shape index (κ3) is 8.73. The number of carbonyl (C=O) groups is 1. The van der Waals surface area contributed by atoms with Crippen LogP contribution in [0.2, 0.25) is 0 Å². The molecule has 0 radical (unpaired) electrons. The number of hydrogen-bond acceptors (Lipinski definition) is 6. The topological polar surface area (TPSA) is 87.6 Å². The Morgan fingerprint density at radius 2 is 1.28 bits per heavy atom. The smallest absolute Gasteiger partial charge is 0.324 e. The quantitative estimate of drug-likeness (QED) is 0.649. The van der Waals surface area contributed by atoms with Crippen molar-refractivity contribution in [3.8, 4) is 0 Å². The summed E-state index contributed by atoms with van der Waals surface area (Å²) in [7, 11) is -4.01. The van der Waals surface area contributed by atoms with Crippen LogP contribution in [0.25, 0.3) is 0 Å². The van der Waals surface area contributed by atoms with Gasteiger partial charge in [0.1, 0.15) is 12.1 Å². The minimum absolute atomic E-state index is 0.146. The molecule has 0 aliphatic carbocycles. The summed E-state index contributed by atoms with van der Waals surface area (Å²) >= 11 is 0. The van der Waals surface area contributed by atoms with E-state index in [1.54, 1.807) is 6.92 Å². The Hall–Kier alpha value is -0.340. The molecule has 0 aromatic heterocycles. The van der Waals surface area contributed by atoms with Gasteiger partial charge in [-0.3, -0.25) is 19.2 Å². The standard InChI is InChI=1S/C16H33N4O4P/c1-16(21)14-19-6-2-4-18-9-8-17(10-12-19)5-3-7-20(13-11-18)15-25(22,23)24/h2-15H2,1H3,(H2,22,23,24). The van der Waals surface area contributed by atoms with Crippen LogP contribution in [-0.4, -0.2) is 113 Å². The van der Waals surface area contributed by atoms with Crippen molar-refractivity contribution in [3.63, 3.8) is 0 Å². The maximum Gasteiger partial charge on any atom is 0.339 e. The normalized spacial score (nSPS) is 28.6. The van der Waals surface area contributed by atoms with E-state index < -0.39 is 7.60 Å². The van der Waals surface area contributed by atoms with E-state index in [-0.39, 0.29) is 12.1 Å². The first-order chi connectivity index (χ1) is 11.8. The number of ketones is 1. The third-order valence-electron chi connectivity index (χ3n) is 4.93. The van der Waals surface area contributed by atoms with Crippen LogP contribution >= 0.6 is 7.60 Å². The zero-order valence-corrected chi connectivity index (χ0v) is 16.2. The van der Waals surface area contributed by atoms with Gasteiger partial charge in [-0.05, 0) is 39.4 Å². The van der Waals surface area contributed by atoms with Gasteiger partial charge in [0.15, 0.2) is 0 Å². The lowest BCUT2D eigenvalue weighted by atomic mass is 10.2. The summed E-state index contributed by atoms with van der Waals surface area (Å²) in [4.78, 5) is 39.0. The Balaban J connectivity index is 1.98. The molecular formula is C16H33N4O4P. The number of hydrogen-bond donors (Lipinski definition) is 2. The van der Waals surface area contributed by atoms with Gasteiger partial charge >= 0.3 is 7.60 Å². The molecule has 8 nitrogen and oxygen atoms in total. The highest BCUT2D eigenvalue weighted by atomic mass is 31.2. The van der Waals surface area contributed by atoms with Crippen LogP contribution in [-0.2, 0) is 9.36 Å². The fraction of sp³-hybridized carbons (Fsp3) is 0.938. The summed E-state index contributed by atoms with van der Waals surface area (Å²) < 4.78 is 11.4. The molecule has 2 rings (SSSR count). The molecule has 2 fully saturated rings. The summed E-state index contributed by atoms with van der Waals surface area (Å²) in [6.07, 6.45) is 1.78. The second-order valence-electron chi connectivity index (χ2n) is 7.29. The van der Waals surface area contributed by atoms with Crippen LogP contribution < -0.4 is 0 Å². The highest BCUT2D eigenvalue weighted by Crippen LogP contribution is 2.35. The fourth-order valence-electron chi connectivity index (χ4n) is 3.65. The molecule has 0 aromatic carbocycles. The predicted octanol–water partition coefficient (Wildman–Crippen LogP) is -0.274. The van der Waals surface area contributed by atoms with Crippen LogP contribution in [0.1, 0.15) is 19.8 Å². The van der Waals surface area contributed by atoms with E-state index in [1.807, 2.05) is 4.90 Å².